The Bertz CT molecular complexity index is 600. The summed E-state index contributed by atoms with van der Waals surface area (Å²) >= 11 is 0. The van der Waals surface area contributed by atoms with E-state index < -0.39 is 5.82 Å². The van der Waals surface area contributed by atoms with Gasteiger partial charge in [0.25, 0.3) is 0 Å². The molecule has 0 spiro atoms. The van der Waals surface area contributed by atoms with Crippen LogP contribution in [-0.2, 0) is 12.0 Å². The Morgan fingerprint density at radius 2 is 1.80 bits per heavy atom. The van der Waals surface area contributed by atoms with Gasteiger partial charge in [-0.3, -0.25) is 0 Å². The molecule has 20 heavy (non-hydrogen) atoms. The smallest absolute Gasteiger partial charge is 0.168 e. The molecule has 0 heterocycles. The van der Waals surface area contributed by atoms with Crippen molar-refractivity contribution in [2.75, 3.05) is 0 Å². The van der Waals surface area contributed by atoms with E-state index in [1.807, 2.05) is 18.2 Å². The highest BCUT2D eigenvalue weighted by molar-refractivity contribution is 5.40. The third-order valence-corrected chi connectivity index (χ3v) is 3.14. The first-order chi connectivity index (χ1) is 9.41. The van der Waals surface area contributed by atoms with E-state index in [0.29, 0.717) is 11.3 Å². The quantitative estimate of drug-likeness (QED) is 0.898. The molecule has 1 N–H and O–H groups in total. The lowest BCUT2D eigenvalue weighted by atomic mass is 9.87. The first-order valence-electron chi connectivity index (χ1n) is 6.58. The van der Waals surface area contributed by atoms with E-state index in [0.717, 1.165) is 5.56 Å². The summed E-state index contributed by atoms with van der Waals surface area (Å²) in [4.78, 5) is 0. The molecule has 0 atom stereocenters. The average Bonchev–Trinajstić information content (AvgIpc) is 2.40. The maximum Gasteiger partial charge on any atom is 0.168 e. The third kappa shape index (κ3) is 3.17. The van der Waals surface area contributed by atoms with Gasteiger partial charge < -0.3 is 9.84 Å². The van der Waals surface area contributed by atoms with Gasteiger partial charge in [0.05, 0.1) is 6.61 Å². The van der Waals surface area contributed by atoms with Crippen LogP contribution in [0.3, 0.4) is 0 Å². The van der Waals surface area contributed by atoms with Crippen molar-refractivity contribution in [3.8, 4) is 11.5 Å². The molecule has 0 amide bonds. The Morgan fingerprint density at radius 3 is 2.45 bits per heavy atom. The summed E-state index contributed by atoms with van der Waals surface area (Å²) in [6.45, 7) is 6.06. The summed E-state index contributed by atoms with van der Waals surface area (Å²) < 4.78 is 19.5. The summed E-state index contributed by atoms with van der Waals surface area (Å²) in [6.07, 6.45) is 0. The van der Waals surface area contributed by atoms with Crippen molar-refractivity contribution in [3.63, 3.8) is 0 Å². The van der Waals surface area contributed by atoms with Gasteiger partial charge in [0.1, 0.15) is 5.75 Å². The van der Waals surface area contributed by atoms with E-state index in [9.17, 15) is 9.50 Å². The molecule has 2 aromatic carbocycles. The Balaban J connectivity index is 2.36. The number of rotatable bonds is 3. The maximum atomic E-state index is 13.8. The molecule has 0 saturated heterocycles. The first kappa shape index (κ1) is 14.5. The fraction of sp³-hybridized carbons (Fsp3) is 0.294. The summed E-state index contributed by atoms with van der Waals surface area (Å²) in [6, 6.07) is 12.1. The van der Waals surface area contributed by atoms with Crippen LogP contribution < -0.4 is 4.74 Å². The highest BCUT2D eigenvalue weighted by Crippen LogP contribution is 2.31. The topological polar surface area (TPSA) is 29.5 Å². The number of ether oxygens (including phenoxy) is 1. The number of aliphatic hydroxyl groups excluding tert-OH is 1. The van der Waals surface area contributed by atoms with Crippen molar-refractivity contribution < 1.29 is 14.2 Å². The molecule has 2 rings (SSSR count). The Labute approximate surface area is 118 Å². The molecule has 0 radical (unpaired) electrons. The van der Waals surface area contributed by atoms with Gasteiger partial charge in [-0.05, 0) is 29.2 Å². The van der Waals surface area contributed by atoms with Crippen molar-refractivity contribution >= 4 is 0 Å². The van der Waals surface area contributed by atoms with E-state index >= 15 is 0 Å². The fourth-order valence-electron chi connectivity index (χ4n) is 1.94. The lowest BCUT2D eigenvalue weighted by Crippen LogP contribution is -2.10. The van der Waals surface area contributed by atoms with Crippen LogP contribution in [0, 0.1) is 5.82 Å². The van der Waals surface area contributed by atoms with Gasteiger partial charge in [0.15, 0.2) is 11.6 Å². The molecule has 0 unspecified atom stereocenters. The van der Waals surface area contributed by atoms with Crippen molar-refractivity contribution in [3.05, 3.63) is 59.4 Å². The second-order valence-electron chi connectivity index (χ2n) is 5.77. The lowest BCUT2D eigenvalue weighted by molar-refractivity contribution is 0.274. The van der Waals surface area contributed by atoms with Gasteiger partial charge in [-0.1, -0.05) is 45.0 Å². The molecular formula is C17H19FO2. The molecular weight excluding hydrogens is 255 g/mol. The summed E-state index contributed by atoms with van der Waals surface area (Å²) in [7, 11) is 0. The van der Waals surface area contributed by atoms with Crippen molar-refractivity contribution in [2.24, 2.45) is 0 Å². The number of para-hydroxylation sites is 1. The maximum absolute atomic E-state index is 13.8. The van der Waals surface area contributed by atoms with Crippen LogP contribution in [0.15, 0.2) is 42.5 Å². The lowest BCUT2D eigenvalue weighted by Gasteiger charge is -2.20. The third-order valence-electron chi connectivity index (χ3n) is 3.14. The average molecular weight is 274 g/mol. The van der Waals surface area contributed by atoms with Crippen LogP contribution in [0.1, 0.15) is 31.9 Å². The molecule has 0 aliphatic carbocycles. The molecule has 0 aromatic heterocycles. The van der Waals surface area contributed by atoms with Crippen molar-refractivity contribution in [1.82, 2.24) is 0 Å². The monoisotopic (exact) mass is 274 g/mol. The van der Waals surface area contributed by atoms with E-state index in [1.54, 1.807) is 18.2 Å². The minimum Gasteiger partial charge on any atom is -0.454 e. The van der Waals surface area contributed by atoms with E-state index in [1.165, 1.54) is 6.07 Å². The van der Waals surface area contributed by atoms with Crippen LogP contribution >= 0.6 is 0 Å². The Hall–Kier alpha value is -1.87. The van der Waals surface area contributed by atoms with Gasteiger partial charge in [-0.15, -0.1) is 0 Å². The molecule has 106 valence electrons. The number of hydrogen-bond acceptors (Lipinski definition) is 2. The second-order valence-corrected chi connectivity index (χ2v) is 5.77. The predicted molar refractivity (Wildman–Crippen MR) is 77.5 cm³/mol. The molecule has 3 heteroatoms. The normalized spacial score (nSPS) is 11.4. The van der Waals surface area contributed by atoms with Gasteiger partial charge in [0, 0.05) is 5.56 Å². The summed E-state index contributed by atoms with van der Waals surface area (Å²) in [5.41, 5.74) is 1.54. The summed E-state index contributed by atoms with van der Waals surface area (Å²) in [5, 5.41) is 9.26. The van der Waals surface area contributed by atoms with Crippen molar-refractivity contribution in [2.45, 2.75) is 32.8 Å². The van der Waals surface area contributed by atoms with Crippen LogP contribution in [0.2, 0.25) is 0 Å². The molecule has 0 aliphatic heterocycles. The minimum atomic E-state index is -0.474. The van der Waals surface area contributed by atoms with E-state index in [-0.39, 0.29) is 17.8 Å². The van der Waals surface area contributed by atoms with Crippen LogP contribution in [0.5, 0.6) is 11.5 Å². The molecule has 0 aliphatic rings. The Kier molecular flexibility index (Phi) is 4.09. The Morgan fingerprint density at radius 1 is 1.10 bits per heavy atom. The second kappa shape index (κ2) is 5.63. The molecule has 0 saturated carbocycles. The number of halogens is 1. The van der Waals surface area contributed by atoms with E-state index in [4.69, 9.17) is 4.74 Å². The van der Waals surface area contributed by atoms with Crippen LogP contribution in [0.4, 0.5) is 4.39 Å². The van der Waals surface area contributed by atoms with Gasteiger partial charge in [0.2, 0.25) is 0 Å². The predicted octanol–water partition coefficient (Wildman–Crippen LogP) is 4.41. The fourth-order valence-corrected chi connectivity index (χ4v) is 1.94. The number of aliphatic hydroxyl groups is 1. The molecule has 2 nitrogen and oxygen atoms in total. The highest BCUT2D eigenvalue weighted by atomic mass is 19.1. The number of hydrogen-bond donors (Lipinski definition) is 1. The highest BCUT2D eigenvalue weighted by Gasteiger charge is 2.15. The zero-order chi connectivity index (χ0) is 14.8. The SMILES string of the molecule is CC(C)(C)c1cccc(Oc2c(F)cccc2CO)c1. The van der Waals surface area contributed by atoms with Crippen LogP contribution in [0.25, 0.3) is 0 Å². The molecule has 0 fully saturated rings. The first-order valence-corrected chi connectivity index (χ1v) is 6.58. The van der Waals surface area contributed by atoms with Gasteiger partial charge in [-0.2, -0.15) is 0 Å². The molecule has 0 bridgehead atoms. The van der Waals surface area contributed by atoms with Gasteiger partial charge in [-0.25, -0.2) is 4.39 Å². The van der Waals surface area contributed by atoms with Crippen LogP contribution in [-0.4, -0.2) is 5.11 Å². The molecule has 2 aromatic rings. The summed E-state index contributed by atoms with van der Waals surface area (Å²) in [5.74, 6) is 0.177. The van der Waals surface area contributed by atoms with Crippen molar-refractivity contribution in [1.29, 1.82) is 0 Å². The number of benzene rings is 2. The minimum absolute atomic E-state index is 0.00554. The largest absolute Gasteiger partial charge is 0.454 e. The zero-order valence-corrected chi connectivity index (χ0v) is 12.0. The van der Waals surface area contributed by atoms with E-state index in [2.05, 4.69) is 20.8 Å². The zero-order valence-electron chi connectivity index (χ0n) is 12.0. The van der Waals surface area contributed by atoms with Gasteiger partial charge >= 0.3 is 0 Å². The standard InChI is InChI=1S/C17H19FO2/c1-17(2,3)13-7-5-8-14(10-13)20-16-12(11-19)6-4-9-15(16)18/h4-10,19H,11H2,1-3H3.